The number of benzene rings is 1. The standard InChI is InChI=1S/C16H17N3OS/c1-10-8-21-9-13(10)14-18-15(20-19-14)16(2,3)11-4-6-12(17)7-5-11/h4-9H,17H2,1-3H3. The summed E-state index contributed by atoms with van der Waals surface area (Å²) in [5, 5.41) is 8.25. The second-order valence-corrected chi connectivity index (χ2v) is 6.38. The van der Waals surface area contributed by atoms with Crippen molar-refractivity contribution in [1.29, 1.82) is 0 Å². The molecule has 0 aliphatic carbocycles. The molecule has 4 nitrogen and oxygen atoms in total. The quantitative estimate of drug-likeness (QED) is 0.742. The Balaban J connectivity index is 1.98. The molecule has 0 aliphatic heterocycles. The van der Waals surface area contributed by atoms with E-state index in [1.54, 1.807) is 11.3 Å². The van der Waals surface area contributed by atoms with Crippen LogP contribution in [0.2, 0.25) is 0 Å². The number of nitrogens with two attached hydrogens (primary N) is 1. The fourth-order valence-corrected chi connectivity index (χ4v) is 3.03. The minimum Gasteiger partial charge on any atom is -0.399 e. The largest absolute Gasteiger partial charge is 0.399 e. The van der Waals surface area contributed by atoms with Gasteiger partial charge in [-0.15, -0.1) is 0 Å². The summed E-state index contributed by atoms with van der Waals surface area (Å²) in [7, 11) is 0. The molecule has 0 atom stereocenters. The van der Waals surface area contributed by atoms with Gasteiger partial charge in [0, 0.05) is 16.6 Å². The molecule has 108 valence electrons. The van der Waals surface area contributed by atoms with Crippen molar-refractivity contribution in [2.24, 2.45) is 0 Å². The Hall–Kier alpha value is -2.14. The number of nitrogens with zero attached hydrogens (tertiary/aromatic N) is 2. The van der Waals surface area contributed by atoms with Gasteiger partial charge in [0.2, 0.25) is 11.7 Å². The molecule has 2 N–H and O–H groups in total. The molecular weight excluding hydrogens is 282 g/mol. The van der Waals surface area contributed by atoms with Gasteiger partial charge in [-0.1, -0.05) is 17.3 Å². The van der Waals surface area contributed by atoms with E-state index in [4.69, 9.17) is 10.3 Å². The molecule has 2 heterocycles. The molecule has 0 unspecified atom stereocenters. The molecule has 5 heteroatoms. The second-order valence-electron chi connectivity index (χ2n) is 5.64. The molecule has 0 spiro atoms. The van der Waals surface area contributed by atoms with E-state index in [9.17, 15) is 0 Å². The van der Waals surface area contributed by atoms with Crippen LogP contribution < -0.4 is 5.73 Å². The average Bonchev–Trinajstić information content (AvgIpc) is 3.07. The summed E-state index contributed by atoms with van der Waals surface area (Å²) in [5.41, 5.74) is 9.42. The highest BCUT2D eigenvalue weighted by molar-refractivity contribution is 7.08. The van der Waals surface area contributed by atoms with Crippen molar-refractivity contribution in [2.45, 2.75) is 26.2 Å². The fraction of sp³-hybridized carbons (Fsp3) is 0.250. The molecule has 21 heavy (non-hydrogen) atoms. The molecule has 3 aromatic rings. The molecule has 0 saturated heterocycles. The number of nitrogen functional groups attached to an aromatic ring is 1. The minimum atomic E-state index is -0.358. The van der Waals surface area contributed by atoms with Crippen LogP contribution in [0.15, 0.2) is 39.5 Å². The van der Waals surface area contributed by atoms with Crippen LogP contribution in [0.4, 0.5) is 5.69 Å². The van der Waals surface area contributed by atoms with Crippen LogP contribution in [0, 0.1) is 6.92 Å². The maximum absolute atomic E-state index is 5.74. The lowest BCUT2D eigenvalue weighted by Crippen LogP contribution is -2.19. The lowest BCUT2D eigenvalue weighted by molar-refractivity contribution is 0.333. The fourth-order valence-electron chi connectivity index (χ4n) is 2.20. The van der Waals surface area contributed by atoms with Crippen LogP contribution in [0.3, 0.4) is 0 Å². The van der Waals surface area contributed by atoms with Crippen molar-refractivity contribution in [1.82, 2.24) is 10.1 Å². The Bertz CT molecular complexity index is 756. The molecule has 0 bridgehead atoms. The van der Waals surface area contributed by atoms with E-state index in [0.29, 0.717) is 11.7 Å². The van der Waals surface area contributed by atoms with E-state index in [-0.39, 0.29) is 5.41 Å². The summed E-state index contributed by atoms with van der Waals surface area (Å²) in [5.74, 6) is 1.25. The Labute approximate surface area is 127 Å². The van der Waals surface area contributed by atoms with Crippen molar-refractivity contribution in [3.8, 4) is 11.4 Å². The van der Waals surface area contributed by atoms with E-state index in [1.165, 1.54) is 0 Å². The summed E-state index contributed by atoms with van der Waals surface area (Å²) in [6.07, 6.45) is 0. The van der Waals surface area contributed by atoms with Gasteiger partial charge in [0.05, 0.1) is 5.41 Å². The highest BCUT2D eigenvalue weighted by atomic mass is 32.1. The van der Waals surface area contributed by atoms with Crippen LogP contribution >= 0.6 is 11.3 Å². The predicted molar refractivity (Wildman–Crippen MR) is 85.3 cm³/mol. The lowest BCUT2D eigenvalue weighted by Gasteiger charge is -2.20. The maximum atomic E-state index is 5.74. The third kappa shape index (κ3) is 2.45. The van der Waals surface area contributed by atoms with E-state index in [2.05, 4.69) is 29.4 Å². The van der Waals surface area contributed by atoms with E-state index < -0.39 is 0 Å². The molecule has 2 aromatic heterocycles. The number of hydrogen-bond acceptors (Lipinski definition) is 5. The molecule has 0 fully saturated rings. The van der Waals surface area contributed by atoms with E-state index >= 15 is 0 Å². The van der Waals surface area contributed by atoms with Gasteiger partial charge >= 0.3 is 0 Å². The Kier molecular flexibility index (Phi) is 3.29. The van der Waals surface area contributed by atoms with Crippen molar-refractivity contribution < 1.29 is 4.52 Å². The summed E-state index contributed by atoms with van der Waals surface area (Å²) in [6.45, 7) is 6.18. The van der Waals surface area contributed by atoms with Gasteiger partial charge in [-0.25, -0.2) is 0 Å². The monoisotopic (exact) mass is 299 g/mol. The van der Waals surface area contributed by atoms with Gasteiger partial charge in [-0.2, -0.15) is 16.3 Å². The number of anilines is 1. The van der Waals surface area contributed by atoms with Crippen LogP contribution in [0.25, 0.3) is 11.4 Å². The summed E-state index contributed by atoms with van der Waals surface area (Å²) < 4.78 is 5.51. The molecular formula is C16H17N3OS. The maximum Gasteiger partial charge on any atom is 0.237 e. The number of rotatable bonds is 3. The Morgan fingerprint density at radius 3 is 2.48 bits per heavy atom. The molecule has 0 amide bonds. The van der Waals surface area contributed by atoms with Gasteiger partial charge in [-0.05, 0) is 49.4 Å². The van der Waals surface area contributed by atoms with Crippen LogP contribution in [-0.2, 0) is 5.41 Å². The SMILES string of the molecule is Cc1cscc1-c1noc(C(C)(C)c2ccc(N)cc2)n1. The van der Waals surface area contributed by atoms with Gasteiger partial charge in [-0.3, -0.25) is 0 Å². The van der Waals surface area contributed by atoms with Gasteiger partial charge in [0.15, 0.2) is 0 Å². The zero-order valence-electron chi connectivity index (χ0n) is 12.3. The number of aryl methyl sites for hydroxylation is 1. The summed E-state index contributed by atoms with van der Waals surface area (Å²) in [6, 6.07) is 7.76. The van der Waals surface area contributed by atoms with Gasteiger partial charge < -0.3 is 10.3 Å². The first-order valence-corrected chi connectivity index (χ1v) is 7.66. The molecule has 0 saturated carbocycles. The van der Waals surface area contributed by atoms with E-state index in [0.717, 1.165) is 22.4 Å². The first kappa shape index (κ1) is 13.8. The van der Waals surface area contributed by atoms with Gasteiger partial charge in [0.25, 0.3) is 0 Å². The summed E-state index contributed by atoms with van der Waals surface area (Å²) in [4.78, 5) is 4.58. The zero-order chi connectivity index (χ0) is 15.0. The summed E-state index contributed by atoms with van der Waals surface area (Å²) >= 11 is 1.64. The first-order valence-electron chi connectivity index (χ1n) is 6.72. The lowest BCUT2D eigenvalue weighted by atomic mass is 9.84. The zero-order valence-corrected chi connectivity index (χ0v) is 13.1. The van der Waals surface area contributed by atoms with Crippen molar-refractivity contribution >= 4 is 17.0 Å². The normalized spacial score (nSPS) is 11.8. The second kappa shape index (κ2) is 5.00. The highest BCUT2D eigenvalue weighted by Gasteiger charge is 2.30. The topological polar surface area (TPSA) is 64.9 Å². The molecule has 3 rings (SSSR count). The molecule has 0 aliphatic rings. The van der Waals surface area contributed by atoms with Crippen LogP contribution in [0.1, 0.15) is 30.9 Å². The van der Waals surface area contributed by atoms with Crippen molar-refractivity contribution in [3.05, 3.63) is 52.0 Å². The third-order valence-corrected chi connectivity index (χ3v) is 4.55. The predicted octanol–water partition coefficient (Wildman–Crippen LogP) is 4.01. The number of thiophene rings is 1. The highest BCUT2D eigenvalue weighted by Crippen LogP contribution is 2.33. The minimum absolute atomic E-state index is 0.358. The number of hydrogen-bond donors (Lipinski definition) is 1. The Morgan fingerprint density at radius 2 is 1.86 bits per heavy atom. The van der Waals surface area contributed by atoms with Crippen LogP contribution in [0.5, 0.6) is 0 Å². The van der Waals surface area contributed by atoms with Gasteiger partial charge in [0.1, 0.15) is 0 Å². The first-order chi connectivity index (χ1) is 9.98. The van der Waals surface area contributed by atoms with E-state index in [1.807, 2.05) is 36.6 Å². The van der Waals surface area contributed by atoms with Crippen molar-refractivity contribution in [3.63, 3.8) is 0 Å². The van der Waals surface area contributed by atoms with Crippen molar-refractivity contribution in [2.75, 3.05) is 5.73 Å². The third-order valence-electron chi connectivity index (χ3n) is 3.69. The van der Waals surface area contributed by atoms with Crippen LogP contribution in [-0.4, -0.2) is 10.1 Å². The number of aromatic nitrogens is 2. The Morgan fingerprint density at radius 1 is 1.14 bits per heavy atom. The average molecular weight is 299 g/mol. The smallest absolute Gasteiger partial charge is 0.237 e. The molecule has 1 aromatic carbocycles. The molecule has 0 radical (unpaired) electrons.